The minimum absolute atomic E-state index is 0.00375. The number of hydrogen-bond donors (Lipinski definition) is 1. The van der Waals surface area contributed by atoms with E-state index in [-0.39, 0.29) is 35.5 Å². The smallest absolute Gasteiger partial charge is 0.248 e. The van der Waals surface area contributed by atoms with Gasteiger partial charge in [0.25, 0.3) is 0 Å². The predicted octanol–water partition coefficient (Wildman–Crippen LogP) is 4.25. The van der Waals surface area contributed by atoms with Crippen LogP contribution >= 0.6 is 0 Å². The van der Waals surface area contributed by atoms with Crippen molar-refractivity contribution in [2.45, 2.75) is 71.8 Å². The highest BCUT2D eigenvalue weighted by Gasteiger charge is 2.67. The molecule has 0 amide bonds. The van der Waals surface area contributed by atoms with Crippen LogP contribution in [0.2, 0.25) is 0 Å². The number of aliphatic hydroxyl groups is 1. The minimum Gasteiger partial charge on any atom is -0.393 e. The third kappa shape index (κ3) is 2.31. The van der Waals surface area contributed by atoms with Gasteiger partial charge in [-0.25, -0.2) is 8.78 Å². The molecule has 2 atom stereocenters. The minimum atomic E-state index is -2.50. The van der Waals surface area contributed by atoms with Gasteiger partial charge in [0.15, 0.2) is 0 Å². The average Bonchev–Trinajstić information content (AvgIpc) is 2.54. The van der Waals surface area contributed by atoms with Gasteiger partial charge in [-0.1, -0.05) is 27.7 Å². The Morgan fingerprint density at radius 3 is 2.17 bits per heavy atom. The third-order valence-electron chi connectivity index (χ3n) is 5.83. The number of halogens is 2. The van der Waals surface area contributed by atoms with Crippen molar-refractivity contribution in [3.05, 3.63) is 0 Å². The topological polar surface area (TPSA) is 20.2 Å². The third-order valence-corrected chi connectivity index (χ3v) is 5.83. The van der Waals surface area contributed by atoms with Crippen molar-refractivity contribution >= 4 is 0 Å². The Morgan fingerprint density at radius 2 is 1.72 bits per heavy atom. The highest BCUT2D eigenvalue weighted by atomic mass is 19.3. The van der Waals surface area contributed by atoms with Gasteiger partial charge in [0.05, 0.1) is 6.10 Å². The van der Waals surface area contributed by atoms with Crippen LogP contribution in [0, 0.1) is 22.7 Å². The molecule has 0 spiro atoms. The zero-order valence-corrected chi connectivity index (χ0v) is 12.0. The molecule has 0 radical (unpaired) electrons. The van der Waals surface area contributed by atoms with E-state index >= 15 is 0 Å². The second-order valence-corrected chi connectivity index (χ2v) is 7.54. The first-order chi connectivity index (χ1) is 8.08. The molecular formula is C15H26F2O. The molecule has 2 rings (SSSR count). The van der Waals surface area contributed by atoms with Gasteiger partial charge in [0.2, 0.25) is 5.92 Å². The SMILES string of the molecule is CC1(C)C(C(O)CC2CCCC(F)(F)C2)C1(C)C. The van der Waals surface area contributed by atoms with Crippen molar-refractivity contribution in [3.8, 4) is 0 Å². The fraction of sp³-hybridized carbons (Fsp3) is 1.00. The summed E-state index contributed by atoms with van der Waals surface area (Å²) in [7, 11) is 0. The Balaban J connectivity index is 1.91. The van der Waals surface area contributed by atoms with Gasteiger partial charge in [-0.2, -0.15) is 0 Å². The molecule has 3 heteroatoms. The molecule has 106 valence electrons. The monoisotopic (exact) mass is 260 g/mol. The fourth-order valence-electron chi connectivity index (χ4n) is 4.16. The molecule has 1 N–H and O–H groups in total. The van der Waals surface area contributed by atoms with Crippen LogP contribution in [0.4, 0.5) is 8.78 Å². The van der Waals surface area contributed by atoms with E-state index in [1.54, 1.807) is 0 Å². The Labute approximate surface area is 109 Å². The van der Waals surface area contributed by atoms with E-state index < -0.39 is 12.0 Å². The zero-order chi connectivity index (χ0) is 13.8. The molecule has 0 heterocycles. The normalized spacial score (nSPS) is 35.2. The van der Waals surface area contributed by atoms with Crippen LogP contribution < -0.4 is 0 Å². The summed E-state index contributed by atoms with van der Waals surface area (Å²) in [6, 6.07) is 0. The van der Waals surface area contributed by atoms with Crippen LogP contribution in [0.25, 0.3) is 0 Å². The van der Waals surface area contributed by atoms with E-state index in [1.165, 1.54) is 0 Å². The summed E-state index contributed by atoms with van der Waals surface area (Å²) in [5.41, 5.74) is 0.257. The van der Waals surface area contributed by atoms with E-state index in [0.717, 1.165) is 6.42 Å². The lowest BCUT2D eigenvalue weighted by Crippen LogP contribution is -2.29. The van der Waals surface area contributed by atoms with Crippen LogP contribution in [0.1, 0.15) is 59.8 Å². The highest BCUT2D eigenvalue weighted by molar-refractivity contribution is 5.14. The van der Waals surface area contributed by atoms with Gasteiger partial charge in [-0.3, -0.25) is 0 Å². The molecule has 1 nitrogen and oxygen atoms in total. The van der Waals surface area contributed by atoms with Crippen molar-refractivity contribution in [1.82, 2.24) is 0 Å². The molecule has 2 aliphatic rings. The lowest BCUT2D eigenvalue weighted by Gasteiger charge is -2.30. The summed E-state index contributed by atoms with van der Waals surface area (Å²) < 4.78 is 26.7. The van der Waals surface area contributed by atoms with Gasteiger partial charge < -0.3 is 5.11 Å². The molecule has 18 heavy (non-hydrogen) atoms. The predicted molar refractivity (Wildman–Crippen MR) is 68.6 cm³/mol. The maximum Gasteiger partial charge on any atom is 0.248 e. The largest absolute Gasteiger partial charge is 0.393 e. The number of aliphatic hydroxyl groups excluding tert-OH is 1. The maximum absolute atomic E-state index is 13.3. The lowest BCUT2D eigenvalue weighted by molar-refractivity contribution is -0.0605. The second-order valence-electron chi connectivity index (χ2n) is 7.54. The molecule has 0 aliphatic heterocycles. The average molecular weight is 260 g/mol. The Hall–Kier alpha value is -0.180. The molecule has 0 aromatic rings. The molecule has 2 fully saturated rings. The molecule has 0 bridgehead atoms. The second kappa shape index (κ2) is 4.16. The lowest BCUT2D eigenvalue weighted by atomic mass is 9.82. The van der Waals surface area contributed by atoms with Gasteiger partial charge >= 0.3 is 0 Å². The van der Waals surface area contributed by atoms with Crippen molar-refractivity contribution < 1.29 is 13.9 Å². The van der Waals surface area contributed by atoms with Crippen LogP contribution in [-0.2, 0) is 0 Å². The Morgan fingerprint density at radius 1 is 1.17 bits per heavy atom. The number of alkyl halides is 2. The summed E-state index contributed by atoms with van der Waals surface area (Å²) in [5, 5.41) is 10.3. The maximum atomic E-state index is 13.3. The first-order valence-electron chi connectivity index (χ1n) is 7.14. The standard InChI is InChI=1S/C15H26F2O/c1-13(2)12(14(13,3)4)11(18)8-10-6-5-7-15(16,17)9-10/h10-12,18H,5-9H2,1-4H3. The molecule has 0 aromatic carbocycles. The summed E-state index contributed by atoms with van der Waals surface area (Å²) >= 11 is 0. The fourth-order valence-corrected chi connectivity index (χ4v) is 4.16. The molecule has 2 aliphatic carbocycles. The molecule has 0 aromatic heterocycles. The quantitative estimate of drug-likeness (QED) is 0.804. The van der Waals surface area contributed by atoms with E-state index in [0.29, 0.717) is 12.8 Å². The van der Waals surface area contributed by atoms with Gasteiger partial charge in [-0.15, -0.1) is 0 Å². The van der Waals surface area contributed by atoms with E-state index in [4.69, 9.17) is 0 Å². The van der Waals surface area contributed by atoms with Crippen LogP contribution in [0.5, 0.6) is 0 Å². The van der Waals surface area contributed by atoms with Crippen molar-refractivity contribution in [1.29, 1.82) is 0 Å². The summed E-state index contributed by atoms with van der Waals surface area (Å²) in [5.74, 6) is -2.26. The van der Waals surface area contributed by atoms with Crippen LogP contribution in [0.15, 0.2) is 0 Å². The molecule has 0 saturated heterocycles. The van der Waals surface area contributed by atoms with E-state index in [1.807, 2.05) is 0 Å². The summed E-state index contributed by atoms with van der Waals surface area (Å²) in [6.45, 7) is 8.65. The van der Waals surface area contributed by atoms with Gasteiger partial charge in [0, 0.05) is 12.8 Å². The van der Waals surface area contributed by atoms with E-state index in [9.17, 15) is 13.9 Å². The van der Waals surface area contributed by atoms with E-state index in [2.05, 4.69) is 27.7 Å². The zero-order valence-electron chi connectivity index (χ0n) is 12.0. The summed E-state index contributed by atoms with van der Waals surface area (Å²) in [4.78, 5) is 0. The summed E-state index contributed by atoms with van der Waals surface area (Å²) in [6.07, 6.45) is 1.57. The number of hydrogen-bond acceptors (Lipinski definition) is 1. The van der Waals surface area contributed by atoms with Crippen LogP contribution in [-0.4, -0.2) is 17.1 Å². The Kier molecular flexibility index (Phi) is 3.29. The van der Waals surface area contributed by atoms with Crippen molar-refractivity contribution in [2.75, 3.05) is 0 Å². The van der Waals surface area contributed by atoms with Crippen molar-refractivity contribution in [3.63, 3.8) is 0 Å². The van der Waals surface area contributed by atoms with Crippen LogP contribution in [0.3, 0.4) is 0 Å². The molecule has 2 saturated carbocycles. The number of rotatable bonds is 3. The Bertz CT molecular complexity index is 308. The highest BCUT2D eigenvalue weighted by Crippen LogP contribution is 2.70. The van der Waals surface area contributed by atoms with Crippen molar-refractivity contribution in [2.24, 2.45) is 22.7 Å². The first-order valence-corrected chi connectivity index (χ1v) is 7.14. The van der Waals surface area contributed by atoms with Gasteiger partial charge in [-0.05, 0) is 41.9 Å². The molecular weight excluding hydrogens is 234 g/mol. The van der Waals surface area contributed by atoms with Gasteiger partial charge in [0.1, 0.15) is 0 Å². The molecule has 2 unspecified atom stereocenters. The first kappa shape index (κ1) is 14.2.